The van der Waals surface area contributed by atoms with Gasteiger partial charge in [0.15, 0.2) is 0 Å². The fourth-order valence-corrected chi connectivity index (χ4v) is 0.974. The van der Waals surface area contributed by atoms with Gasteiger partial charge in [-0.1, -0.05) is 25.2 Å². The number of hydrogen-bond donors (Lipinski definition) is 0. The second-order valence-electron chi connectivity index (χ2n) is 3.03. The molecule has 1 unspecified atom stereocenters. The molecule has 0 radical (unpaired) electrons. The van der Waals surface area contributed by atoms with Crippen LogP contribution in [0.1, 0.15) is 19.8 Å². The number of rotatable bonds is 5. The van der Waals surface area contributed by atoms with Gasteiger partial charge in [0.05, 0.1) is 6.04 Å². The maximum absolute atomic E-state index is 4.05. The Morgan fingerprint density at radius 1 is 1.73 bits per heavy atom. The first-order valence-corrected chi connectivity index (χ1v) is 4.13. The van der Waals surface area contributed by atoms with Crippen LogP contribution in [0.15, 0.2) is 29.8 Å². The Balaban J connectivity index is 2.05. The van der Waals surface area contributed by atoms with Crippen LogP contribution >= 0.6 is 0 Å². The van der Waals surface area contributed by atoms with Gasteiger partial charge in [0, 0.05) is 6.21 Å². The highest BCUT2D eigenvalue weighted by Crippen LogP contribution is 2.09. The topological polar surface area (TPSA) is 12.4 Å². The molecule has 1 rings (SSSR count). The van der Waals surface area contributed by atoms with Crippen molar-refractivity contribution in [2.75, 3.05) is 0 Å². The van der Waals surface area contributed by atoms with Crippen LogP contribution in [0.4, 0.5) is 0 Å². The zero-order valence-electron chi connectivity index (χ0n) is 7.03. The van der Waals surface area contributed by atoms with Gasteiger partial charge in [0.25, 0.3) is 0 Å². The summed E-state index contributed by atoms with van der Waals surface area (Å²) in [6.45, 7) is 5.90. The van der Waals surface area contributed by atoms with Crippen LogP contribution in [-0.4, -0.2) is 12.3 Å². The molecular formula is C10H15N. The summed E-state index contributed by atoms with van der Waals surface area (Å²) < 4.78 is 0. The lowest BCUT2D eigenvalue weighted by atomic mass is 10.1. The van der Waals surface area contributed by atoms with E-state index in [1.807, 2.05) is 12.3 Å². The van der Waals surface area contributed by atoms with Gasteiger partial charge in [0.1, 0.15) is 0 Å². The molecule has 1 nitrogen and oxygen atoms in total. The summed E-state index contributed by atoms with van der Waals surface area (Å²) >= 11 is 0. The molecule has 1 heteroatoms. The number of allylic oxidation sites excluding steroid dienone is 2. The van der Waals surface area contributed by atoms with E-state index < -0.39 is 0 Å². The Morgan fingerprint density at radius 3 is 3.00 bits per heavy atom. The van der Waals surface area contributed by atoms with Gasteiger partial charge in [-0.25, -0.2) is 0 Å². The molecule has 0 aromatic heterocycles. The Hall–Kier alpha value is -0.850. The van der Waals surface area contributed by atoms with Gasteiger partial charge in [0.2, 0.25) is 0 Å². The van der Waals surface area contributed by atoms with E-state index in [2.05, 4.69) is 30.6 Å². The third kappa shape index (κ3) is 3.76. The molecule has 0 fully saturated rings. The zero-order chi connectivity index (χ0) is 8.10. The monoisotopic (exact) mass is 149 g/mol. The molecule has 0 saturated carbocycles. The van der Waals surface area contributed by atoms with Gasteiger partial charge in [-0.15, -0.1) is 6.58 Å². The van der Waals surface area contributed by atoms with E-state index >= 15 is 0 Å². The van der Waals surface area contributed by atoms with E-state index in [-0.39, 0.29) is 0 Å². The first-order valence-electron chi connectivity index (χ1n) is 4.13. The number of hydrogen-bond acceptors (Lipinski definition) is 1. The Morgan fingerprint density at radius 2 is 2.45 bits per heavy atom. The van der Waals surface area contributed by atoms with Gasteiger partial charge < -0.3 is 0 Å². The van der Waals surface area contributed by atoms with Crippen molar-refractivity contribution in [2.45, 2.75) is 25.8 Å². The van der Waals surface area contributed by atoms with Crippen molar-refractivity contribution < 1.29 is 0 Å². The molecule has 1 aliphatic rings. The molecule has 0 aliphatic carbocycles. The lowest BCUT2D eigenvalue weighted by molar-refractivity contribution is 0.740. The van der Waals surface area contributed by atoms with Gasteiger partial charge >= 0.3 is 0 Å². The SMILES string of the molecule is C=CC[C@H](C)/C=C\CC1C=N1. The highest BCUT2D eigenvalue weighted by atomic mass is 14.9. The van der Waals surface area contributed by atoms with Crippen molar-refractivity contribution in [3.8, 4) is 0 Å². The Labute approximate surface area is 68.5 Å². The molecule has 0 N–H and O–H groups in total. The molecule has 2 atom stereocenters. The average Bonchev–Trinajstić information content (AvgIpc) is 2.72. The van der Waals surface area contributed by atoms with Crippen LogP contribution in [0.3, 0.4) is 0 Å². The minimum Gasteiger partial charge on any atom is -0.286 e. The highest BCUT2D eigenvalue weighted by Gasteiger charge is 2.09. The molecule has 1 aliphatic heterocycles. The van der Waals surface area contributed by atoms with Crippen LogP contribution in [-0.2, 0) is 0 Å². The average molecular weight is 149 g/mol. The molecule has 0 amide bonds. The third-order valence-corrected chi connectivity index (χ3v) is 1.74. The predicted molar refractivity (Wildman–Crippen MR) is 50.0 cm³/mol. The largest absolute Gasteiger partial charge is 0.286 e. The minimum atomic E-state index is 0.530. The van der Waals surface area contributed by atoms with Crippen molar-refractivity contribution in [3.63, 3.8) is 0 Å². The van der Waals surface area contributed by atoms with E-state index in [1.165, 1.54) is 0 Å². The van der Waals surface area contributed by atoms with E-state index in [0.29, 0.717) is 12.0 Å². The summed E-state index contributed by atoms with van der Waals surface area (Å²) in [5.41, 5.74) is 0. The maximum atomic E-state index is 4.05. The highest BCUT2D eigenvalue weighted by molar-refractivity contribution is 5.77. The summed E-state index contributed by atoms with van der Waals surface area (Å²) in [5, 5.41) is 0. The minimum absolute atomic E-state index is 0.530. The van der Waals surface area contributed by atoms with Gasteiger partial charge in [-0.2, -0.15) is 0 Å². The van der Waals surface area contributed by atoms with Gasteiger partial charge in [-0.05, 0) is 18.8 Å². The molecule has 1 heterocycles. The quantitative estimate of drug-likeness (QED) is 0.533. The lowest BCUT2D eigenvalue weighted by Gasteiger charge is -1.98. The molecule has 0 bridgehead atoms. The normalized spacial score (nSPS) is 23.9. The number of nitrogens with zero attached hydrogens (tertiary/aromatic N) is 1. The molecule has 0 saturated heterocycles. The second-order valence-corrected chi connectivity index (χ2v) is 3.03. The Kier molecular flexibility index (Phi) is 3.09. The Bertz CT molecular complexity index is 173. The zero-order valence-corrected chi connectivity index (χ0v) is 7.03. The first-order chi connectivity index (χ1) is 5.33. The first kappa shape index (κ1) is 8.25. The predicted octanol–water partition coefficient (Wildman–Crippen LogP) is 2.60. The van der Waals surface area contributed by atoms with E-state index in [1.54, 1.807) is 0 Å². The van der Waals surface area contributed by atoms with E-state index in [9.17, 15) is 0 Å². The van der Waals surface area contributed by atoms with E-state index in [4.69, 9.17) is 0 Å². The van der Waals surface area contributed by atoms with Crippen LogP contribution in [0.2, 0.25) is 0 Å². The lowest BCUT2D eigenvalue weighted by Crippen LogP contribution is -1.87. The van der Waals surface area contributed by atoms with E-state index in [0.717, 1.165) is 12.8 Å². The molecule has 0 aromatic rings. The molecular weight excluding hydrogens is 134 g/mol. The summed E-state index contributed by atoms with van der Waals surface area (Å²) in [7, 11) is 0. The van der Waals surface area contributed by atoms with Crippen molar-refractivity contribution in [2.24, 2.45) is 10.9 Å². The summed E-state index contributed by atoms with van der Waals surface area (Å²) in [4.78, 5) is 4.05. The molecule has 11 heavy (non-hydrogen) atoms. The van der Waals surface area contributed by atoms with Crippen LogP contribution in [0, 0.1) is 5.92 Å². The molecule has 60 valence electrons. The summed E-state index contributed by atoms with van der Waals surface area (Å²) in [5.74, 6) is 0.631. The third-order valence-electron chi connectivity index (χ3n) is 1.74. The van der Waals surface area contributed by atoms with Crippen LogP contribution in [0.25, 0.3) is 0 Å². The van der Waals surface area contributed by atoms with Crippen molar-refractivity contribution >= 4 is 6.21 Å². The van der Waals surface area contributed by atoms with Crippen molar-refractivity contribution in [1.29, 1.82) is 0 Å². The summed E-state index contributed by atoms with van der Waals surface area (Å²) in [6, 6.07) is 0.530. The maximum Gasteiger partial charge on any atom is 0.0877 e. The molecule has 0 spiro atoms. The fourth-order valence-electron chi connectivity index (χ4n) is 0.974. The number of aliphatic imine (C=N–C) groups is 1. The summed E-state index contributed by atoms with van der Waals surface area (Å²) in [6.07, 6.45) is 10.6. The van der Waals surface area contributed by atoms with Gasteiger partial charge in [-0.3, -0.25) is 4.99 Å². The fraction of sp³-hybridized carbons (Fsp3) is 0.500. The van der Waals surface area contributed by atoms with Crippen molar-refractivity contribution in [1.82, 2.24) is 0 Å². The van der Waals surface area contributed by atoms with Crippen LogP contribution < -0.4 is 0 Å². The van der Waals surface area contributed by atoms with Crippen LogP contribution in [0.5, 0.6) is 0 Å². The second kappa shape index (κ2) is 4.12. The van der Waals surface area contributed by atoms with Crippen molar-refractivity contribution in [3.05, 3.63) is 24.8 Å². The standard InChI is InChI=1S/C10H15N/c1-3-5-9(2)6-4-7-10-8-11-10/h3-4,6,8-10H,1,5,7H2,2H3/b6-4-/t9-,10?/m0/s1. The molecule has 0 aromatic carbocycles. The smallest absolute Gasteiger partial charge is 0.0877 e.